The highest BCUT2D eigenvalue weighted by atomic mass is 15.1. The van der Waals surface area contributed by atoms with Crippen molar-refractivity contribution in [3.8, 4) is 67.0 Å². The zero-order chi connectivity index (χ0) is 49.7. The average Bonchev–Trinajstić information content (AvgIpc) is 4.01. The normalized spacial score (nSPS) is 11.5. The van der Waals surface area contributed by atoms with Crippen molar-refractivity contribution in [2.24, 2.45) is 0 Å². The van der Waals surface area contributed by atoms with Gasteiger partial charge in [-0.05, 0) is 123 Å². The van der Waals surface area contributed by atoms with Crippen LogP contribution in [-0.4, -0.2) is 9.13 Å². The van der Waals surface area contributed by atoms with Gasteiger partial charge in [0.1, 0.15) is 0 Å². The predicted molar refractivity (Wildman–Crippen MR) is 317 cm³/mol. The smallest absolute Gasteiger partial charge is 0.0541 e. The van der Waals surface area contributed by atoms with Gasteiger partial charge in [0.25, 0.3) is 0 Å². The molecule has 14 aromatic rings. The molecular formula is C72H49N3. The molecule has 0 bridgehead atoms. The van der Waals surface area contributed by atoms with Crippen LogP contribution in [0.4, 0.5) is 17.1 Å². The molecule has 0 aliphatic heterocycles. The molecule has 12 aromatic carbocycles. The number of aromatic nitrogens is 2. The zero-order valence-electron chi connectivity index (χ0n) is 41.1. The standard InChI is InChI=1S/C72H49N3/c1-3-19-50(20-4-1)56-47-57(51-21-5-2-6-22-51)49-60(48-56)73(59-45-41-55(42-46-59)62-24-8-14-30-68(62)75-71-33-17-11-27-65(71)66-28-12-18-34-72(66)75)58-43-39-53(40-44-58)52-35-37-54(38-36-52)61-23-7-13-29-67(61)74-69-31-15-9-25-63(69)64-26-10-16-32-70(64)74/h1-49H. The SMILES string of the molecule is c1ccc(-c2cc(-c3ccccc3)cc(N(c3ccc(-c4ccc(-c5ccccc5-n5c6ccccc6c6ccccc65)cc4)cc3)c3ccc(-c4ccccc4-n4c5ccccc5c5ccccc54)cc3)c2)cc1. The van der Waals surface area contributed by atoms with Crippen LogP contribution in [0.2, 0.25) is 0 Å². The van der Waals surface area contributed by atoms with Crippen molar-refractivity contribution in [2.75, 3.05) is 4.90 Å². The van der Waals surface area contributed by atoms with Crippen molar-refractivity contribution in [3.05, 3.63) is 297 Å². The number of nitrogens with zero attached hydrogens (tertiary/aromatic N) is 3. The van der Waals surface area contributed by atoms with Crippen LogP contribution in [0.1, 0.15) is 0 Å². The molecule has 14 rings (SSSR count). The second-order valence-electron chi connectivity index (χ2n) is 19.3. The molecule has 0 saturated carbocycles. The van der Waals surface area contributed by atoms with Crippen molar-refractivity contribution >= 4 is 60.7 Å². The van der Waals surface area contributed by atoms with E-state index in [9.17, 15) is 0 Å². The van der Waals surface area contributed by atoms with Crippen LogP contribution in [-0.2, 0) is 0 Å². The van der Waals surface area contributed by atoms with E-state index in [1.54, 1.807) is 0 Å². The van der Waals surface area contributed by atoms with E-state index in [2.05, 4.69) is 311 Å². The minimum atomic E-state index is 1.07. The summed E-state index contributed by atoms with van der Waals surface area (Å²) in [5.41, 5.74) is 22.0. The lowest BCUT2D eigenvalue weighted by Crippen LogP contribution is -2.10. The molecule has 0 spiro atoms. The van der Waals surface area contributed by atoms with E-state index in [-0.39, 0.29) is 0 Å². The van der Waals surface area contributed by atoms with Crippen molar-refractivity contribution < 1.29 is 0 Å². The van der Waals surface area contributed by atoms with Crippen molar-refractivity contribution in [2.45, 2.75) is 0 Å². The Balaban J connectivity index is 0.857. The molecule has 3 nitrogen and oxygen atoms in total. The van der Waals surface area contributed by atoms with Crippen LogP contribution in [0.15, 0.2) is 297 Å². The Labute approximate surface area is 436 Å². The fourth-order valence-corrected chi connectivity index (χ4v) is 11.4. The molecular weight excluding hydrogens is 907 g/mol. The van der Waals surface area contributed by atoms with Crippen molar-refractivity contribution in [1.29, 1.82) is 0 Å². The summed E-state index contributed by atoms with van der Waals surface area (Å²) < 4.78 is 4.83. The third-order valence-electron chi connectivity index (χ3n) is 14.9. The molecule has 0 fully saturated rings. The Kier molecular flexibility index (Phi) is 10.8. The molecule has 0 N–H and O–H groups in total. The summed E-state index contributed by atoms with van der Waals surface area (Å²) >= 11 is 0. The maximum atomic E-state index is 2.42. The molecule has 3 heteroatoms. The van der Waals surface area contributed by atoms with E-state index in [1.165, 1.54) is 77.1 Å². The largest absolute Gasteiger partial charge is 0.310 e. The van der Waals surface area contributed by atoms with E-state index in [0.29, 0.717) is 0 Å². The molecule has 0 amide bonds. The molecule has 0 atom stereocenters. The van der Waals surface area contributed by atoms with Crippen LogP contribution in [0.5, 0.6) is 0 Å². The number of rotatable bonds is 10. The summed E-state index contributed by atoms with van der Waals surface area (Å²) in [6.45, 7) is 0. The van der Waals surface area contributed by atoms with E-state index < -0.39 is 0 Å². The second kappa shape index (κ2) is 18.6. The lowest BCUT2D eigenvalue weighted by atomic mass is 9.96. The molecule has 0 aliphatic carbocycles. The first-order valence-electron chi connectivity index (χ1n) is 25.7. The van der Waals surface area contributed by atoms with Crippen LogP contribution >= 0.6 is 0 Å². The molecule has 352 valence electrons. The topological polar surface area (TPSA) is 13.1 Å². The lowest BCUT2D eigenvalue weighted by molar-refractivity contribution is 1.18. The van der Waals surface area contributed by atoms with E-state index in [4.69, 9.17) is 0 Å². The molecule has 0 radical (unpaired) electrons. The number of fused-ring (bicyclic) bond motifs is 6. The van der Waals surface area contributed by atoms with E-state index in [1.807, 2.05) is 0 Å². The van der Waals surface area contributed by atoms with Gasteiger partial charge >= 0.3 is 0 Å². The zero-order valence-corrected chi connectivity index (χ0v) is 41.1. The highest BCUT2D eigenvalue weighted by Gasteiger charge is 2.20. The Morgan fingerprint density at radius 1 is 0.200 bits per heavy atom. The minimum Gasteiger partial charge on any atom is -0.310 e. The summed E-state index contributed by atoms with van der Waals surface area (Å²) in [4.78, 5) is 2.40. The molecule has 0 unspecified atom stereocenters. The first-order valence-corrected chi connectivity index (χ1v) is 25.7. The van der Waals surface area contributed by atoms with E-state index in [0.717, 1.165) is 50.6 Å². The summed E-state index contributed by atoms with van der Waals surface area (Å²) in [6.07, 6.45) is 0. The third-order valence-corrected chi connectivity index (χ3v) is 14.9. The minimum absolute atomic E-state index is 1.07. The van der Waals surface area contributed by atoms with Gasteiger partial charge in [0.05, 0.1) is 33.4 Å². The van der Waals surface area contributed by atoms with E-state index >= 15 is 0 Å². The van der Waals surface area contributed by atoms with Crippen LogP contribution in [0.25, 0.3) is 111 Å². The Bertz CT molecular complexity index is 4210. The number of anilines is 3. The van der Waals surface area contributed by atoms with Gasteiger partial charge in [-0.15, -0.1) is 0 Å². The maximum Gasteiger partial charge on any atom is 0.0541 e. The summed E-state index contributed by atoms with van der Waals surface area (Å²) in [7, 11) is 0. The van der Waals surface area contributed by atoms with Gasteiger partial charge in [-0.3, -0.25) is 0 Å². The maximum absolute atomic E-state index is 2.42. The van der Waals surface area contributed by atoms with Gasteiger partial charge in [-0.1, -0.05) is 218 Å². The predicted octanol–water partition coefficient (Wildman–Crippen LogP) is 19.7. The number of hydrogen-bond acceptors (Lipinski definition) is 1. The third kappa shape index (κ3) is 7.78. The molecule has 75 heavy (non-hydrogen) atoms. The van der Waals surface area contributed by atoms with Gasteiger partial charge < -0.3 is 14.0 Å². The van der Waals surface area contributed by atoms with Gasteiger partial charge in [0, 0.05) is 49.7 Å². The Morgan fingerprint density at radius 2 is 0.493 bits per heavy atom. The first-order chi connectivity index (χ1) is 37.2. The van der Waals surface area contributed by atoms with Gasteiger partial charge in [-0.2, -0.15) is 0 Å². The molecule has 0 aliphatic rings. The lowest BCUT2D eigenvalue weighted by Gasteiger charge is -2.27. The summed E-state index contributed by atoms with van der Waals surface area (Å²) in [5, 5.41) is 5.02. The fourth-order valence-electron chi connectivity index (χ4n) is 11.4. The molecule has 2 heterocycles. The van der Waals surface area contributed by atoms with Crippen molar-refractivity contribution in [3.63, 3.8) is 0 Å². The quantitative estimate of drug-likeness (QED) is 0.133. The molecule has 2 aromatic heterocycles. The van der Waals surface area contributed by atoms with Crippen LogP contribution in [0.3, 0.4) is 0 Å². The number of para-hydroxylation sites is 6. The van der Waals surface area contributed by atoms with Crippen LogP contribution < -0.4 is 4.90 Å². The van der Waals surface area contributed by atoms with Gasteiger partial charge in [0.15, 0.2) is 0 Å². The Morgan fingerprint density at radius 3 is 0.893 bits per heavy atom. The van der Waals surface area contributed by atoms with Crippen molar-refractivity contribution in [1.82, 2.24) is 9.13 Å². The summed E-state index contributed by atoms with van der Waals surface area (Å²) in [6, 6.07) is 108. The fraction of sp³-hybridized carbons (Fsp3) is 0. The first kappa shape index (κ1) is 43.8. The Hall–Kier alpha value is -9.96. The number of benzene rings is 12. The average molecular weight is 956 g/mol. The second-order valence-corrected chi connectivity index (χ2v) is 19.3. The van der Waals surface area contributed by atoms with Gasteiger partial charge in [-0.25, -0.2) is 0 Å². The van der Waals surface area contributed by atoms with Gasteiger partial charge in [0.2, 0.25) is 0 Å². The summed E-state index contributed by atoms with van der Waals surface area (Å²) in [5.74, 6) is 0. The highest BCUT2D eigenvalue weighted by Crippen LogP contribution is 2.43. The number of hydrogen-bond donors (Lipinski definition) is 0. The van der Waals surface area contributed by atoms with Crippen LogP contribution in [0, 0.1) is 0 Å². The monoisotopic (exact) mass is 955 g/mol. The molecule has 0 saturated heterocycles. The highest BCUT2D eigenvalue weighted by molar-refractivity contribution is 6.11.